The van der Waals surface area contributed by atoms with E-state index in [9.17, 15) is 23.4 Å². The molecule has 0 saturated carbocycles. The van der Waals surface area contributed by atoms with E-state index in [2.05, 4.69) is 20.3 Å². The molecule has 15 heteroatoms. The summed E-state index contributed by atoms with van der Waals surface area (Å²) >= 11 is 0. The topological polar surface area (TPSA) is 204 Å². The lowest BCUT2D eigenvalue weighted by atomic mass is 10.1. The van der Waals surface area contributed by atoms with Gasteiger partial charge in [-0.2, -0.15) is 8.42 Å². The minimum Gasteiger partial charge on any atom is -0.398 e. The lowest BCUT2D eigenvalue weighted by Gasteiger charge is -2.27. The maximum absolute atomic E-state index is 12.2. The Labute approximate surface area is 187 Å². The van der Waals surface area contributed by atoms with E-state index in [1.165, 1.54) is 35.4 Å². The minimum atomic E-state index is -4.57. The number of nitrogen functional groups attached to an aromatic ring is 1. The smallest absolute Gasteiger partial charge is 0.362 e. The number of hydrogen-bond acceptors (Lipinski definition) is 12. The lowest BCUT2D eigenvalue weighted by molar-refractivity contribution is -0.109. The Morgan fingerprint density at radius 1 is 1.36 bits per heavy atom. The molecule has 1 fully saturated rings. The summed E-state index contributed by atoms with van der Waals surface area (Å²) in [5.74, 6) is -0.570. The van der Waals surface area contributed by atoms with Crippen molar-refractivity contribution in [1.82, 2.24) is 24.2 Å². The van der Waals surface area contributed by atoms with Gasteiger partial charge < -0.3 is 26.0 Å². The number of carbonyl (C=O) groups is 1. The third-order valence-corrected chi connectivity index (χ3v) is 6.02. The number of benzene rings is 1. The number of nitrogens with two attached hydrogens (primary N) is 1. The minimum absolute atomic E-state index is 0.0499. The summed E-state index contributed by atoms with van der Waals surface area (Å²) in [6.45, 7) is -1.08. The van der Waals surface area contributed by atoms with Crippen LogP contribution in [0.1, 0.15) is 10.4 Å². The third-order valence-electron chi connectivity index (χ3n) is 5.13. The van der Waals surface area contributed by atoms with Gasteiger partial charge in [-0.25, -0.2) is 19.7 Å². The van der Waals surface area contributed by atoms with Crippen molar-refractivity contribution in [2.75, 3.05) is 31.3 Å². The van der Waals surface area contributed by atoms with E-state index in [-0.39, 0.29) is 16.9 Å². The van der Waals surface area contributed by atoms with Gasteiger partial charge in [0.2, 0.25) is 0 Å². The highest BCUT2D eigenvalue weighted by Gasteiger charge is 2.51. The number of para-hydroxylation sites is 1. The first-order chi connectivity index (χ1) is 15.7. The van der Waals surface area contributed by atoms with Gasteiger partial charge in [-0.15, -0.1) is 0 Å². The number of imidazole rings is 1. The van der Waals surface area contributed by atoms with Gasteiger partial charge in [-0.3, -0.25) is 13.5 Å². The van der Waals surface area contributed by atoms with E-state index in [0.29, 0.717) is 11.3 Å². The van der Waals surface area contributed by atoms with Gasteiger partial charge >= 0.3 is 10.3 Å². The van der Waals surface area contributed by atoms with E-state index >= 15 is 0 Å². The lowest BCUT2D eigenvalue weighted by Crippen LogP contribution is -2.47. The SMILES string of the molecule is CNc1ncnc2c1ncn2[C@@]1(O)CO[C@H](COS(=O)(=O)NC(=O)c2ccccc2N)[C@H]1O. The molecule has 4 rings (SSSR count). The van der Waals surface area contributed by atoms with Gasteiger partial charge in [0.1, 0.15) is 18.5 Å². The van der Waals surface area contributed by atoms with Crippen molar-refractivity contribution in [1.29, 1.82) is 0 Å². The van der Waals surface area contributed by atoms with Crippen LogP contribution in [-0.4, -0.2) is 76.5 Å². The number of fused-ring (bicyclic) bond motifs is 1. The Balaban J connectivity index is 1.46. The van der Waals surface area contributed by atoms with Crippen LogP contribution in [-0.2, 0) is 24.9 Å². The number of hydrogen-bond donors (Lipinski definition) is 5. The van der Waals surface area contributed by atoms with Gasteiger partial charge in [0, 0.05) is 12.7 Å². The second-order valence-corrected chi connectivity index (χ2v) is 8.54. The highest BCUT2D eigenvalue weighted by molar-refractivity contribution is 7.85. The van der Waals surface area contributed by atoms with Crippen LogP contribution in [0.15, 0.2) is 36.9 Å². The Bertz CT molecular complexity index is 1300. The summed E-state index contributed by atoms with van der Waals surface area (Å²) in [4.78, 5) is 24.5. The van der Waals surface area contributed by atoms with E-state index in [1.807, 2.05) is 0 Å². The molecule has 0 bridgehead atoms. The number of rotatable bonds is 7. The molecule has 1 aromatic carbocycles. The average Bonchev–Trinajstić information content (AvgIpc) is 3.34. The first kappa shape index (κ1) is 22.8. The molecule has 3 heterocycles. The van der Waals surface area contributed by atoms with Crippen LogP contribution >= 0.6 is 0 Å². The Morgan fingerprint density at radius 3 is 2.85 bits per heavy atom. The second-order valence-electron chi connectivity index (χ2n) is 7.19. The summed E-state index contributed by atoms with van der Waals surface area (Å²) in [6, 6.07) is 5.90. The zero-order chi connectivity index (χ0) is 23.8. The number of carbonyl (C=O) groups excluding carboxylic acids is 1. The predicted molar refractivity (Wildman–Crippen MR) is 114 cm³/mol. The van der Waals surface area contributed by atoms with Crippen LogP contribution < -0.4 is 15.8 Å². The highest BCUT2D eigenvalue weighted by atomic mass is 32.2. The molecular formula is C18H21N7O7S. The zero-order valence-electron chi connectivity index (χ0n) is 17.2. The molecule has 1 amide bonds. The van der Waals surface area contributed by atoms with Crippen molar-refractivity contribution in [3.8, 4) is 0 Å². The molecule has 6 N–H and O–H groups in total. The average molecular weight is 479 g/mol. The van der Waals surface area contributed by atoms with Crippen LogP contribution in [0, 0.1) is 0 Å². The largest absolute Gasteiger partial charge is 0.398 e. The monoisotopic (exact) mass is 479 g/mol. The van der Waals surface area contributed by atoms with E-state index in [0.717, 1.165) is 0 Å². The highest BCUT2D eigenvalue weighted by Crippen LogP contribution is 2.33. The number of anilines is 2. The van der Waals surface area contributed by atoms with Crippen LogP contribution in [0.3, 0.4) is 0 Å². The molecule has 33 heavy (non-hydrogen) atoms. The van der Waals surface area contributed by atoms with Gasteiger partial charge in [0.05, 0.1) is 25.1 Å². The van der Waals surface area contributed by atoms with Gasteiger partial charge in [0.25, 0.3) is 5.91 Å². The van der Waals surface area contributed by atoms with Crippen LogP contribution in [0.4, 0.5) is 11.5 Å². The third kappa shape index (κ3) is 4.19. The van der Waals surface area contributed by atoms with Gasteiger partial charge in [-0.1, -0.05) is 12.1 Å². The van der Waals surface area contributed by atoms with Crippen molar-refractivity contribution in [3.05, 3.63) is 42.5 Å². The zero-order valence-corrected chi connectivity index (χ0v) is 18.1. The molecule has 0 aliphatic carbocycles. The van der Waals surface area contributed by atoms with Crippen LogP contribution in [0.5, 0.6) is 0 Å². The molecule has 3 atom stereocenters. The summed E-state index contributed by atoms with van der Waals surface area (Å²) < 4.78 is 37.5. The number of aromatic nitrogens is 4. The number of nitrogens with zero attached hydrogens (tertiary/aromatic N) is 4. The molecule has 0 unspecified atom stereocenters. The summed E-state index contributed by atoms with van der Waals surface area (Å²) in [5.41, 5.74) is 4.27. The maximum Gasteiger partial charge on any atom is 0.362 e. The fourth-order valence-electron chi connectivity index (χ4n) is 3.41. The van der Waals surface area contributed by atoms with E-state index < -0.39 is 47.4 Å². The molecule has 176 valence electrons. The summed E-state index contributed by atoms with van der Waals surface area (Å²) in [6.07, 6.45) is -0.338. The van der Waals surface area contributed by atoms with Crippen molar-refractivity contribution in [2.45, 2.75) is 17.9 Å². The molecule has 0 spiro atoms. The molecule has 1 saturated heterocycles. The molecule has 2 aromatic heterocycles. The Kier molecular flexibility index (Phi) is 5.89. The fraction of sp³-hybridized carbons (Fsp3) is 0.333. The van der Waals surface area contributed by atoms with E-state index in [1.54, 1.807) is 17.8 Å². The van der Waals surface area contributed by atoms with Crippen LogP contribution in [0.25, 0.3) is 11.2 Å². The normalized spacial score (nSPS) is 23.0. The number of aliphatic hydroxyl groups excluding tert-OH is 1. The number of aliphatic hydroxyl groups is 2. The first-order valence-electron chi connectivity index (χ1n) is 9.60. The Morgan fingerprint density at radius 2 is 2.12 bits per heavy atom. The second kappa shape index (κ2) is 8.53. The van der Waals surface area contributed by atoms with Gasteiger partial charge in [-0.05, 0) is 12.1 Å². The number of nitrogens with one attached hydrogen (secondary N) is 2. The molecule has 14 nitrogen and oxygen atoms in total. The summed E-state index contributed by atoms with van der Waals surface area (Å²) in [7, 11) is -2.93. The van der Waals surface area contributed by atoms with Crippen molar-refractivity contribution >= 4 is 38.9 Å². The standard InChI is InChI=1S/C18H21N7O7S/c1-20-15-13-16(22-8-21-15)25(9-23-13)18(28)7-31-12(14(18)26)6-32-33(29,30)24-17(27)10-4-2-3-5-11(10)19/h2-5,8-9,12,14,26,28H,6-7,19H2,1H3,(H,24,27)(H,20,21,22)/t12-,14-,18-/m1/s1. The van der Waals surface area contributed by atoms with Crippen LogP contribution in [0.2, 0.25) is 0 Å². The Hall–Kier alpha value is -3.37. The maximum atomic E-state index is 12.2. The molecule has 1 aliphatic rings. The van der Waals surface area contributed by atoms with Crippen molar-refractivity contribution in [3.63, 3.8) is 0 Å². The van der Waals surface area contributed by atoms with Crippen molar-refractivity contribution < 1.29 is 32.3 Å². The quantitative estimate of drug-likeness (QED) is 0.247. The molecule has 1 aliphatic heterocycles. The predicted octanol–water partition coefficient (Wildman–Crippen LogP) is -1.45. The van der Waals surface area contributed by atoms with Gasteiger partial charge in [0.15, 0.2) is 22.7 Å². The van der Waals surface area contributed by atoms with Crippen molar-refractivity contribution in [2.24, 2.45) is 0 Å². The number of ether oxygens (including phenoxy) is 1. The van der Waals surface area contributed by atoms with E-state index in [4.69, 9.17) is 14.7 Å². The molecular weight excluding hydrogens is 458 g/mol. The fourth-order valence-corrected chi connectivity index (χ4v) is 4.12. The summed E-state index contributed by atoms with van der Waals surface area (Å²) in [5, 5.41) is 24.6. The number of amides is 1. The first-order valence-corrected chi connectivity index (χ1v) is 11.0. The molecule has 0 radical (unpaired) electrons. The molecule has 3 aromatic rings.